The molecule has 25 heavy (non-hydrogen) atoms. The Hall–Kier alpha value is -3.35. The van der Waals surface area contributed by atoms with Gasteiger partial charge in [-0.3, -0.25) is 9.59 Å². The Labute approximate surface area is 144 Å². The lowest BCUT2D eigenvalue weighted by Crippen LogP contribution is -2.23. The molecule has 0 aliphatic heterocycles. The number of benzene rings is 1. The molecular weight excluding hydrogens is 320 g/mol. The zero-order valence-corrected chi connectivity index (χ0v) is 13.9. The maximum atomic E-state index is 12.4. The number of amides is 2. The molecule has 0 saturated heterocycles. The molecule has 0 aliphatic carbocycles. The van der Waals surface area contributed by atoms with E-state index in [-0.39, 0.29) is 24.1 Å². The molecule has 2 amide bonds. The number of furan rings is 1. The van der Waals surface area contributed by atoms with E-state index in [2.05, 4.69) is 15.7 Å². The molecule has 0 atom stereocenters. The molecule has 2 N–H and O–H groups in total. The number of hydrogen-bond acceptors (Lipinski definition) is 4. The van der Waals surface area contributed by atoms with Crippen LogP contribution in [0, 0.1) is 6.92 Å². The van der Waals surface area contributed by atoms with Crippen molar-refractivity contribution in [1.29, 1.82) is 0 Å². The van der Waals surface area contributed by atoms with Crippen LogP contribution in [0.3, 0.4) is 0 Å². The Bertz CT molecular complexity index is 896. The number of nitrogens with zero attached hydrogens (tertiary/aromatic N) is 2. The summed E-state index contributed by atoms with van der Waals surface area (Å²) < 4.78 is 6.94. The smallest absolute Gasteiger partial charge is 0.272 e. The first-order valence-corrected chi connectivity index (χ1v) is 7.79. The summed E-state index contributed by atoms with van der Waals surface area (Å²) in [5.74, 6) is 1.28. The van der Waals surface area contributed by atoms with Gasteiger partial charge in [0, 0.05) is 13.0 Å². The van der Waals surface area contributed by atoms with Crippen LogP contribution < -0.4 is 10.6 Å². The van der Waals surface area contributed by atoms with Gasteiger partial charge in [-0.2, -0.15) is 5.10 Å². The van der Waals surface area contributed by atoms with Crippen LogP contribution >= 0.6 is 0 Å². The number of hydrogen-bond donors (Lipinski definition) is 2. The zero-order valence-electron chi connectivity index (χ0n) is 13.9. The SMILES string of the molecule is CC(=O)Nc1cc(C(=O)NCc2ccc(C)o2)nn1-c1ccccc1. The normalized spacial score (nSPS) is 10.5. The van der Waals surface area contributed by atoms with Crippen molar-refractivity contribution in [2.75, 3.05) is 5.32 Å². The number of rotatable bonds is 5. The maximum Gasteiger partial charge on any atom is 0.272 e. The molecule has 3 rings (SSSR count). The highest BCUT2D eigenvalue weighted by Gasteiger charge is 2.16. The van der Waals surface area contributed by atoms with E-state index in [4.69, 9.17) is 4.42 Å². The molecule has 0 bridgehead atoms. The fraction of sp³-hybridized carbons (Fsp3) is 0.167. The molecule has 0 unspecified atom stereocenters. The average molecular weight is 338 g/mol. The molecule has 3 aromatic rings. The van der Waals surface area contributed by atoms with Gasteiger partial charge in [-0.1, -0.05) is 18.2 Å². The fourth-order valence-electron chi connectivity index (χ4n) is 2.37. The quantitative estimate of drug-likeness (QED) is 0.748. The average Bonchev–Trinajstić information content (AvgIpc) is 3.19. The molecule has 2 aromatic heterocycles. The summed E-state index contributed by atoms with van der Waals surface area (Å²) in [4.78, 5) is 23.8. The van der Waals surface area contributed by atoms with Crippen LogP contribution in [0.15, 0.2) is 52.9 Å². The van der Waals surface area contributed by atoms with Gasteiger partial charge in [0.1, 0.15) is 17.3 Å². The number of carbonyl (C=O) groups is 2. The highest BCUT2D eigenvalue weighted by atomic mass is 16.3. The van der Waals surface area contributed by atoms with E-state index >= 15 is 0 Å². The summed E-state index contributed by atoms with van der Waals surface area (Å²) in [6, 6.07) is 14.4. The van der Waals surface area contributed by atoms with Crippen molar-refractivity contribution in [3.63, 3.8) is 0 Å². The number of aryl methyl sites for hydroxylation is 1. The third-order valence-electron chi connectivity index (χ3n) is 3.47. The van der Waals surface area contributed by atoms with Gasteiger partial charge < -0.3 is 15.1 Å². The highest BCUT2D eigenvalue weighted by Crippen LogP contribution is 2.17. The van der Waals surface area contributed by atoms with Crippen molar-refractivity contribution in [2.24, 2.45) is 0 Å². The maximum absolute atomic E-state index is 12.4. The van der Waals surface area contributed by atoms with Crippen molar-refractivity contribution < 1.29 is 14.0 Å². The van der Waals surface area contributed by atoms with E-state index in [1.807, 2.05) is 43.3 Å². The van der Waals surface area contributed by atoms with E-state index in [0.29, 0.717) is 11.6 Å². The first-order valence-electron chi connectivity index (χ1n) is 7.79. The van der Waals surface area contributed by atoms with Crippen molar-refractivity contribution in [2.45, 2.75) is 20.4 Å². The number of carbonyl (C=O) groups excluding carboxylic acids is 2. The molecule has 0 radical (unpaired) electrons. The molecule has 128 valence electrons. The number of para-hydroxylation sites is 1. The molecule has 0 fully saturated rings. The minimum absolute atomic E-state index is 0.205. The number of aromatic nitrogens is 2. The van der Waals surface area contributed by atoms with Gasteiger partial charge in [0.25, 0.3) is 5.91 Å². The summed E-state index contributed by atoms with van der Waals surface area (Å²) in [5, 5.41) is 9.75. The van der Waals surface area contributed by atoms with Gasteiger partial charge in [-0.25, -0.2) is 4.68 Å². The molecule has 7 nitrogen and oxygen atoms in total. The first kappa shape index (κ1) is 16.5. The third-order valence-corrected chi connectivity index (χ3v) is 3.47. The van der Waals surface area contributed by atoms with Gasteiger partial charge in [-0.15, -0.1) is 0 Å². The Kier molecular flexibility index (Phi) is 4.65. The topological polar surface area (TPSA) is 89.2 Å². The van der Waals surface area contributed by atoms with Gasteiger partial charge in [0.2, 0.25) is 5.91 Å². The second-order valence-electron chi connectivity index (χ2n) is 5.54. The predicted molar refractivity (Wildman–Crippen MR) is 92.5 cm³/mol. The Morgan fingerprint density at radius 2 is 1.92 bits per heavy atom. The van der Waals surface area contributed by atoms with Crippen molar-refractivity contribution in [3.8, 4) is 5.69 Å². The lowest BCUT2D eigenvalue weighted by atomic mass is 10.3. The van der Waals surface area contributed by atoms with Gasteiger partial charge in [0.15, 0.2) is 5.69 Å². The number of nitrogens with one attached hydrogen (secondary N) is 2. The van der Waals surface area contributed by atoms with Crippen LogP contribution in [0.1, 0.15) is 28.9 Å². The van der Waals surface area contributed by atoms with E-state index in [1.165, 1.54) is 17.7 Å². The molecule has 0 spiro atoms. The molecule has 1 aromatic carbocycles. The monoisotopic (exact) mass is 338 g/mol. The Morgan fingerprint density at radius 1 is 1.16 bits per heavy atom. The largest absolute Gasteiger partial charge is 0.465 e. The van der Waals surface area contributed by atoms with Crippen LogP contribution in [0.5, 0.6) is 0 Å². The zero-order chi connectivity index (χ0) is 17.8. The summed E-state index contributed by atoms with van der Waals surface area (Å²) in [5.41, 5.74) is 0.947. The van der Waals surface area contributed by atoms with Crippen LogP contribution in [0.2, 0.25) is 0 Å². The molecule has 7 heteroatoms. The lowest BCUT2D eigenvalue weighted by molar-refractivity contribution is -0.114. The van der Waals surface area contributed by atoms with Gasteiger partial charge >= 0.3 is 0 Å². The predicted octanol–water partition coefficient (Wildman–Crippen LogP) is 2.66. The molecule has 0 aliphatic rings. The second kappa shape index (κ2) is 7.04. The number of anilines is 1. The first-order chi connectivity index (χ1) is 12.0. The van der Waals surface area contributed by atoms with Gasteiger partial charge in [0.05, 0.1) is 12.2 Å². The van der Waals surface area contributed by atoms with Crippen molar-refractivity contribution >= 4 is 17.6 Å². The fourth-order valence-corrected chi connectivity index (χ4v) is 2.37. The lowest BCUT2D eigenvalue weighted by Gasteiger charge is -2.06. The van der Waals surface area contributed by atoms with Crippen molar-refractivity contribution in [1.82, 2.24) is 15.1 Å². The summed E-state index contributed by atoms with van der Waals surface area (Å²) in [7, 11) is 0. The Balaban J connectivity index is 1.82. The summed E-state index contributed by atoms with van der Waals surface area (Å²) in [6.07, 6.45) is 0. The van der Waals surface area contributed by atoms with Crippen LogP contribution in [0.25, 0.3) is 5.69 Å². The highest BCUT2D eigenvalue weighted by molar-refractivity contribution is 5.95. The van der Waals surface area contributed by atoms with E-state index in [9.17, 15) is 9.59 Å². The minimum Gasteiger partial charge on any atom is -0.465 e. The standard InChI is InChI=1S/C18H18N4O3/c1-12-8-9-15(25-12)11-19-18(24)16-10-17(20-13(2)23)22(21-16)14-6-4-3-5-7-14/h3-10H,11H2,1-2H3,(H,19,24)(H,20,23). The van der Waals surface area contributed by atoms with Crippen LogP contribution in [0.4, 0.5) is 5.82 Å². The summed E-state index contributed by atoms with van der Waals surface area (Å²) >= 11 is 0. The van der Waals surface area contributed by atoms with E-state index < -0.39 is 0 Å². The molecule has 2 heterocycles. The van der Waals surface area contributed by atoms with Crippen LogP contribution in [-0.2, 0) is 11.3 Å². The Morgan fingerprint density at radius 3 is 2.56 bits per heavy atom. The van der Waals surface area contributed by atoms with Crippen LogP contribution in [-0.4, -0.2) is 21.6 Å². The second-order valence-corrected chi connectivity index (χ2v) is 5.54. The summed E-state index contributed by atoms with van der Waals surface area (Å²) in [6.45, 7) is 3.51. The van der Waals surface area contributed by atoms with Gasteiger partial charge in [-0.05, 0) is 31.2 Å². The molecular formula is C18H18N4O3. The minimum atomic E-state index is -0.352. The third kappa shape index (κ3) is 3.95. The molecule has 0 saturated carbocycles. The van der Waals surface area contributed by atoms with Crippen molar-refractivity contribution in [3.05, 3.63) is 65.7 Å². The van der Waals surface area contributed by atoms with E-state index in [0.717, 1.165) is 11.4 Å². The van der Waals surface area contributed by atoms with E-state index in [1.54, 1.807) is 6.07 Å².